The number of rotatable bonds is 5. The Kier molecular flexibility index (Phi) is 5.73. The van der Waals surface area contributed by atoms with E-state index >= 15 is 0 Å². The molecule has 0 saturated carbocycles. The van der Waals surface area contributed by atoms with Gasteiger partial charge in [-0.2, -0.15) is 0 Å². The highest BCUT2D eigenvalue weighted by Gasteiger charge is 2.24. The maximum absolute atomic E-state index is 5.84. The molecule has 0 aromatic heterocycles. The molecule has 16 heavy (non-hydrogen) atoms. The lowest BCUT2D eigenvalue weighted by Crippen LogP contribution is -2.53. The van der Waals surface area contributed by atoms with E-state index in [1.165, 1.54) is 32.7 Å². The zero-order valence-corrected chi connectivity index (χ0v) is 11.4. The molecule has 0 aliphatic carbocycles. The number of nitrogens with zero attached hydrogens (tertiary/aromatic N) is 2. The third-order valence-electron chi connectivity index (χ3n) is 3.99. The summed E-state index contributed by atoms with van der Waals surface area (Å²) < 4.78 is 0. The Balaban J connectivity index is 2.39. The van der Waals surface area contributed by atoms with E-state index in [-0.39, 0.29) is 0 Å². The Morgan fingerprint density at radius 3 is 2.44 bits per heavy atom. The molecule has 1 aliphatic rings. The molecule has 0 radical (unpaired) electrons. The van der Waals surface area contributed by atoms with Gasteiger partial charge in [0.25, 0.3) is 0 Å². The smallest absolute Gasteiger partial charge is 0.0195 e. The van der Waals surface area contributed by atoms with E-state index in [1.807, 2.05) is 0 Å². The molecule has 0 aromatic rings. The fourth-order valence-electron chi connectivity index (χ4n) is 2.60. The van der Waals surface area contributed by atoms with Crippen molar-refractivity contribution >= 4 is 0 Å². The van der Waals surface area contributed by atoms with E-state index in [2.05, 4.69) is 37.5 Å². The second-order valence-electron chi connectivity index (χ2n) is 5.48. The molecule has 1 fully saturated rings. The zero-order valence-electron chi connectivity index (χ0n) is 11.4. The largest absolute Gasteiger partial charge is 0.330 e. The molecule has 0 aromatic carbocycles. The maximum Gasteiger partial charge on any atom is 0.0195 e. The molecule has 1 aliphatic heterocycles. The predicted octanol–water partition coefficient (Wildman–Crippen LogP) is 1.24. The molecule has 3 nitrogen and oxygen atoms in total. The van der Waals surface area contributed by atoms with Crippen molar-refractivity contribution in [2.24, 2.45) is 17.6 Å². The van der Waals surface area contributed by atoms with Gasteiger partial charge in [-0.15, -0.1) is 0 Å². The van der Waals surface area contributed by atoms with Crippen LogP contribution in [0.4, 0.5) is 0 Å². The molecule has 2 atom stereocenters. The first-order chi connectivity index (χ1) is 7.58. The summed E-state index contributed by atoms with van der Waals surface area (Å²) in [6, 6.07) is 0.698. The van der Waals surface area contributed by atoms with Gasteiger partial charge in [-0.25, -0.2) is 0 Å². The second-order valence-corrected chi connectivity index (χ2v) is 5.48. The fraction of sp³-hybridized carbons (Fsp3) is 1.00. The number of likely N-dealkylation sites (N-methyl/N-ethyl adjacent to an activating group) is 1. The van der Waals surface area contributed by atoms with Crippen LogP contribution in [0, 0.1) is 11.8 Å². The summed E-state index contributed by atoms with van der Waals surface area (Å²) in [4.78, 5) is 5.15. The number of piperazine rings is 1. The lowest BCUT2D eigenvalue weighted by Gasteiger charge is -2.41. The Labute approximate surface area is 101 Å². The first kappa shape index (κ1) is 13.9. The Bertz CT molecular complexity index is 194. The van der Waals surface area contributed by atoms with E-state index in [0.29, 0.717) is 17.9 Å². The molecule has 2 unspecified atom stereocenters. The number of hydrogen-bond donors (Lipinski definition) is 1. The van der Waals surface area contributed by atoms with E-state index in [1.54, 1.807) is 0 Å². The zero-order chi connectivity index (χ0) is 12.1. The number of hydrogen-bond acceptors (Lipinski definition) is 3. The molecule has 3 heteroatoms. The molecule has 2 N–H and O–H groups in total. The lowest BCUT2D eigenvalue weighted by atomic mass is 9.95. The van der Waals surface area contributed by atoms with Crippen LogP contribution in [0.3, 0.4) is 0 Å². The van der Waals surface area contributed by atoms with Crippen LogP contribution < -0.4 is 5.73 Å². The molecular weight excluding hydrogens is 198 g/mol. The van der Waals surface area contributed by atoms with Crippen LogP contribution in [-0.4, -0.2) is 55.1 Å². The van der Waals surface area contributed by atoms with Crippen LogP contribution in [0.15, 0.2) is 0 Å². The van der Waals surface area contributed by atoms with Crippen LogP contribution >= 0.6 is 0 Å². The van der Waals surface area contributed by atoms with Crippen LogP contribution in [0.2, 0.25) is 0 Å². The first-order valence-corrected chi connectivity index (χ1v) is 6.74. The molecule has 96 valence electrons. The Hall–Kier alpha value is -0.120. The molecule has 1 rings (SSSR count). The lowest BCUT2D eigenvalue weighted by molar-refractivity contribution is 0.0723. The van der Waals surface area contributed by atoms with Crippen molar-refractivity contribution in [2.45, 2.75) is 33.7 Å². The summed E-state index contributed by atoms with van der Waals surface area (Å²) in [5, 5.41) is 0. The van der Waals surface area contributed by atoms with Gasteiger partial charge in [-0.1, -0.05) is 20.8 Å². The minimum Gasteiger partial charge on any atom is -0.330 e. The van der Waals surface area contributed by atoms with E-state index in [0.717, 1.165) is 6.54 Å². The van der Waals surface area contributed by atoms with E-state index in [9.17, 15) is 0 Å². The van der Waals surface area contributed by atoms with Crippen molar-refractivity contribution in [1.82, 2.24) is 9.80 Å². The van der Waals surface area contributed by atoms with Crippen molar-refractivity contribution in [3.8, 4) is 0 Å². The third kappa shape index (κ3) is 3.72. The minimum absolute atomic E-state index is 0.653. The van der Waals surface area contributed by atoms with Gasteiger partial charge >= 0.3 is 0 Å². The van der Waals surface area contributed by atoms with Gasteiger partial charge in [0.15, 0.2) is 0 Å². The maximum atomic E-state index is 5.84. The summed E-state index contributed by atoms with van der Waals surface area (Å²) in [6.07, 6.45) is 0. The van der Waals surface area contributed by atoms with Crippen molar-refractivity contribution in [1.29, 1.82) is 0 Å². The average Bonchev–Trinajstić information content (AvgIpc) is 2.25. The quantitative estimate of drug-likeness (QED) is 0.767. The summed E-state index contributed by atoms with van der Waals surface area (Å²) in [5.41, 5.74) is 5.84. The molecule has 0 amide bonds. The molecule has 0 spiro atoms. The SMILES string of the molecule is CCN1CCN(CC(CN)C(C)C)CC1C. The Morgan fingerprint density at radius 2 is 2.00 bits per heavy atom. The van der Waals surface area contributed by atoms with Gasteiger partial charge in [-0.3, -0.25) is 4.90 Å². The van der Waals surface area contributed by atoms with Crippen molar-refractivity contribution in [3.05, 3.63) is 0 Å². The highest BCUT2D eigenvalue weighted by Crippen LogP contribution is 2.15. The monoisotopic (exact) mass is 227 g/mol. The highest BCUT2D eigenvalue weighted by atomic mass is 15.3. The average molecular weight is 227 g/mol. The van der Waals surface area contributed by atoms with Crippen LogP contribution in [-0.2, 0) is 0 Å². The van der Waals surface area contributed by atoms with Crippen LogP contribution in [0.1, 0.15) is 27.7 Å². The Morgan fingerprint density at radius 1 is 1.31 bits per heavy atom. The molecule has 1 saturated heterocycles. The fourth-order valence-corrected chi connectivity index (χ4v) is 2.60. The normalized spacial score (nSPS) is 26.2. The number of nitrogens with two attached hydrogens (primary N) is 1. The van der Waals surface area contributed by atoms with E-state index < -0.39 is 0 Å². The van der Waals surface area contributed by atoms with Gasteiger partial charge in [0, 0.05) is 32.2 Å². The van der Waals surface area contributed by atoms with Crippen molar-refractivity contribution < 1.29 is 0 Å². The van der Waals surface area contributed by atoms with E-state index in [4.69, 9.17) is 5.73 Å². The van der Waals surface area contributed by atoms with Gasteiger partial charge in [-0.05, 0) is 31.8 Å². The van der Waals surface area contributed by atoms with Gasteiger partial charge in [0.05, 0.1) is 0 Å². The van der Waals surface area contributed by atoms with Gasteiger partial charge in [0.2, 0.25) is 0 Å². The standard InChI is InChI=1S/C13H29N3/c1-5-16-7-6-15(9-12(16)4)10-13(8-14)11(2)3/h11-13H,5-10,14H2,1-4H3. The van der Waals surface area contributed by atoms with Crippen LogP contribution in [0.25, 0.3) is 0 Å². The van der Waals surface area contributed by atoms with Crippen LogP contribution in [0.5, 0.6) is 0 Å². The summed E-state index contributed by atoms with van der Waals surface area (Å²) in [7, 11) is 0. The van der Waals surface area contributed by atoms with Crippen molar-refractivity contribution in [2.75, 3.05) is 39.3 Å². The molecule has 0 bridgehead atoms. The predicted molar refractivity (Wildman–Crippen MR) is 70.5 cm³/mol. The molecular formula is C13H29N3. The first-order valence-electron chi connectivity index (χ1n) is 6.74. The summed E-state index contributed by atoms with van der Waals surface area (Å²) in [6.45, 7) is 16.0. The second kappa shape index (κ2) is 6.58. The van der Waals surface area contributed by atoms with Crippen molar-refractivity contribution in [3.63, 3.8) is 0 Å². The van der Waals surface area contributed by atoms with Gasteiger partial charge < -0.3 is 10.6 Å². The summed E-state index contributed by atoms with van der Waals surface area (Å²) >= 11 is 0. The topological polar surface area (TPSA) is 32.5 Å². The molecule has 1 heterocycles. The van der Waals surface area contributed by atoms with Gasteiger partial charge in [0.1, 0.15) is 0 Å². The summed E-state index contributed by atoms with van der Waals surface area (Å²) in [5.74, 6) is 1.35. The highest BCUT2D eigenvalue weighted by molar-refractivity contribution is 4.80. The third-order valence-corrected chi connectivity index (χ3v) is 3.99. The minimum atomic E-state index is 0.653.